The molecule has 233 valence electrons. The van der Waals surface area contributed by atoms with Crippen LogP contribution in [-0.4, -0.2) is 67.5 Å². The molecular formula is C20H14F19Se. The Bertz CT molecular complexity index is 1040. The van der Waals surface area contributed by atoms with Crippen molar-refractivity contribution in [1.29, 1.82) is 0 Å². The Morgan fingerprint density at radius 2 is 0.975 bits per heavy atom. The van der Waals surface area contributed by atoms with Crippen LogP contribution < -0.4 is 4.46 Å². The molecule has 1 radical (unpaired) electrons. The summed E-state index contributed by atoms with van der Waals surface area (Å²) in [6, 6.07) is 5.75. The third kappa shape index (κ3) is 4.81. The molecule has 0 saturated carbocycles. The summed E-state index contributed by atoms with van der Waals surface area (Å²) in [4.78, 5) is 0. The van der Waals surface area contributed by atoms with Gasteiger partial charge in [0.15, 0.2) is 0 Å². The van der Waals surface area contributed by atoms with Gasteiger partial charge in [0.2, 0.25) is 0 Å². The number of halogens is 19. The minimum atomic E-state index is -8.98. The number of hydrogen-bond donors (Lipinski definition) is 0. The molecule has 1 aliphatic rings. The Balaban J connectivity index is 2.51. The second-order valence-corrected chi connectivity index (χ2v) is 13.3. The predicted octanol–water partition coefficient (Wildman–Crippen LogP) is 8.37. The molecule has 0 nitrogen and oxygen atoms in total. The van der Waals surface area contributed by atoms with Gasteiger partial charge in [0.05, 0.1) is 0 Å². The molecule has 0 aromatic heterocycles. The zero-order valence-electron chi connectivity index (χ0n) is 18.9. The third-order valence-electron chi connectivity index (χ3n) is 6.03. The van der Waals surface area contributed by atoms with Crippen molar-refractivity contribution in [2.24, 2.45) is 0 Å². The van der Waals surface area contributed by atoms with Gasteiger partial charge in [-0.3, -0.25) is 0 Å². The number of aryl methyl sites for hydroxylation is 1. The molecule has 20 heteroatoms. The van der Waals surface area contributed by atoms with Crippen molar-refractivity contribution in [2.75, 3.05) is 0 Å². The first-order chi connectivity index (χ1) is 17.6. The summed E-state index contributed by atoms with van der Waals surface area (Å²) < 4.78 is 257. The molecule has 0 aliphatic carbocycles. The molecule has 0 amide bonds. The van der Waals surface area contributed by atoms with Gasteiger partial charge in [-0.05, 0) is 0 Å². The van der Waals surface area contributed by atoms with E-state index in [9.17, 15) is 83.4 Å². The third-order valence-corrected chi connectivity index (χ3v) is 11.3. The molecule has 40 heavy (non-hydrogen) atoms. The summed E-state index contributed by atoms with van der Waals surface area (Å²) >= 11 is -2.56. The van der Waals surface area contributed by atoms with Gasteiger partial charge < -0.3 is 0 Å². The van der Waals surface area contributed by atoms with Gasteiger partial charge in [-0.15, -0.1) is 0 Å². The molecule has 2 rings (SSSR count). The summed E-state index contributed by atoms with van der Waals surface area (Å²) in [5.41, 5.74) is -8.16. The molecule has 1 aliphatic heterocycles. The first-order valence-corrected chi connectivity index (χ1v) is 13.7. The average molecular weight is 694 g/mol. The fourth-order valence-electron chi connectivity index (χ4n) is 3.71. The van der Waals surface area contributed by atoms with E-state index in [2.05, 4.69) is 0 Å². The van der Waals surface area contributed by atoms with Crippen molar-refractivity contribution in [3.05, 3.63) is 29.8 Å². The second kappa shape index (κ2) is 10.0. The maximum atomic E-state index is 14.2. The van der Waals surface area contributed by atoms with Gasteiger partial charge in [0.1, 0.15) is 0 Å². The molecule has 1 aromatic carbocycles. The fourth-order valence-corrected chi connectivity index (χ4v) is 8.86. The zero-order chi connectivity index (χ0) is 31.6. The Kier molecular flexibility index (Phi) is 8.66. The molecule has 1 aromatic rings. The Morgan fingerprint density at radius 3 is 1.45 bits per heavy atom. The fraction of sp³-hybridized carbons (Fsp3) is 0.700. The van der Waals surface area contributed by atoms with Crippen LogP contribution in [0.2, 0.25) is 10.6 Å². The normalized spacial score (nSPS) is 17.7. The first-order valence-electron chi connectivity index (χ1n) is 10.4. The first kappa shape index (κ1) is 34.6. The van der Waals surface area contributed by atoms with E-state index in [0.29, 0.717) is 22.9 Å². The van der Waals surface area contributed by atoms with Gasteiger partial charge in [0, 0.05) is 0 Å². The maximum absolute atomic E-state index is 14.2. The predicted molar refractivity (Wildman–Crippen MR) is 100 cm³/mol. The summed E-state index contributed by atoms with van der Waals surface area (Å²) in [6.45, 7) is 0. The van der Waals surface area contributed by atoms with Crippen molar-refractivity contribution < 1.29 is 83.4 Å². The van der Waals surface area contributed by atoms with E-state index < -0.39 is 79.2 Å². The van der Waals surface area contributed by atoms with E-state index in [4.69, 9.17) is 0 Å². The van der Waals surface area contributed by atoms with E-state index >= 15 is 0 Å². The molecule has 0 saturated heterocycles. The standard InChI is InChI=1S/C20H14F19Se/c21-12(22,7-9-40-8-3-5-10-4-1-2-6-11(10)40)14(24,25)16(28,29)18(32,33)17(30,31)15(26,27)13(23,19(34,35)36)20(37,38)39/h1-2,4,6H,3,5,7-9H2. The van der Waals surface area contributed by atoms with Crippen LogP contribution in [0.25, 0.3) is 0 Å². The van der Waals surface area contributed by atoms with Crippen molar-refractivity contribution in [1.82, 2.24) is 0 Å². The Hall–Kier alpha value is -1.59. The Morgan fingerprint density at radius 1 is 0.550 bits per heavy atom. The topological polar surface area (TPSA) is 0 Å². The van der Waals surface area contributed by atoms with E-state index in [0.717, 1.165) is 0 Å². The minimum absolute atomic E-state index is 0.0863. The number of alkyl halides is 19. The molecule has 1 heterocycles. The number of rotatable bonds is 9. The Labute approximate surface area is 215 Å². The van der Waals surface area contributed by atoms with Gasteiger partial charge in [-0.25, -0.2) is 0 Å². The van der Waals surface area contributed by atoms with E-state index in [-0.39, 0.29) is 5.32 Å². The van der Waals surface area contributed by atoms with Gasteiger partial charge in [-0.1, -0.05) is 0 Å². The van der Waals surface area contributed by atoms with Crippen molar-refractivity contribution in [2.45, 2.75) is 83.5 Å². The van der Waals surface area contributed by atoms with E-state index in [1.807, 2.05) is 0 Å². The summed E-state index contributed by atoms with van der Waals surface area (Å²) in [7, 11) is 0. The summed E-state index contributed by atoms with van der Waals surface area (Å²) in [5, 5.41) is -0.994. The molecular weight excluding hydrogens is 680 g/mol. The molecule has 0 N–H and O–H groups in total. The van der Waals surface area contributed by atoms with Crippen LogP contribution in [0.15, 0.2) is 24.3 Å². The SMILES string of the molecule is FC(F)(F)C(F)(C(F)(F)F)C(F)(F)C(F)(F)C(F)(F)C(F)(F)C(F)(F)C(F)(F)CC[Se]1CCCc2ccccc21. The molecule has 0 atom stereocenters. The number of benzene rings is 1. The van der Waals surface area contributed by atoms with Crippen LogP contribution >= 0.6 is 0 Å². The van der Waals surface area contributed by atoms with Crippen LogP contribution in [0.4, 0.5) is 83.4 Å². The van der Waals surface area contributed by atoms with Crippen LogP contribution in [-0.2, 0) is 6.42 Å². The van der Waals surface area contributed by atoms with Crippen LogP contribution in [0.1, 0.15) is 18.4 Å². The van der Waals surface area contributed by atoms with Crippen LogP contribution in [0.5, 0.6) is 0 Å². The molecule has 0 fully saturated rings. The number of hydrogen-bond acceptors (Lipinski definition) is 0. The second-order valence-electron chi connectivity index (χ2n) is 8.59. The average Bonchev–Trinajstić information content (AvgIpc) is 2.79. The molecule has 0 spiro atoms. The van der Waals surface area contributed by atoms with E-state index in [1.165, 1.54) is 24.3 Å². The van der Waals surface area contributed by atoms with Crippen LogP contribution in [0, 0.1) is 0 Å². The quantitative estimate of drug-likeness (QED) is 0.180. The summed E-state index contributed by atoms with van der Waals surface area (Å²) in [6.07, 6.45) is -18.3. The van der Waals surface area contributed by atoms with E-state index in [1.54, 1.807) is 0 Å². The number of fused-ring (bicyclic) bond motifs is 1. The molecule has 0 bridgehead atoms. The van der Waals surface area contributed by atoms with Crippen molar-refractivity contribution >= 4 is 18.4 Å². The van der Waals surface area contributed by atoms with Gasteiger partial charge in [0.25, 0.3) is 0 Å². The van der Waals surface area contributed by atoms with Gasteiger partial charge >= 0.3 is 215 Å². The summed E-state index contributed by atoms with van der Waals surface area (Å²) in [5.74, 6) is -49.4. The monoisotopic (exact) mass is 695 g/mol. The molecule has 0 unspecified atom stereocenters. The van der Waals surface area contributed by atoms with Crippen LogP contribution in [0.3, 0.4) is 0 Å². The zero-order valence-corrected chi connectivity index (χ0v) is 20.6. The van der Waals surface area contributed by atoms with Gasteiger partial charge in [-0.2, -0.15) is 0 Å². The van der Waals surface area contributed by atoms with Crippen molar-refractivity contribution in [3.63, 3.8) is 0 Å². The van der Waals surface area contributed by atoms with Crippen molar-refractivity contribution in [3.8, 4) is 0 Å².